The fraction of sp³-hybridized carbons (Fsp3) is 0.409. The number of hydrogen-bond donors (Lipinski definition) is 2. The van der Waals surface area contributed by atoms with Gasteiger partial charge in [-0.15, -0.1) is 12.4 Å². The molecule has 0 aliphatic heterocycles. The van der Waals surface area contributed by atoms with Gasteiger partial charge >= 0.3 is 0 Å². The predicted octanol–water partition coefficient (Wildman–Crippen LogP) is 4.83. The maximum atomic E-state index is 12.4. The van der Waals surface area contributed by atoms with E-state index >= 15 is 0 Å². The number of carbonyl (C=O) groups excluding carboxylic acids is 1. The van der Waals surface area contributed by atoms with Crippen LogP contribution in [0, 0.1) is 19.8 Å². The van der Waals surface area contributed by atoms with Crippen molar-refractivity contribution in [2.45, 2.75) is 45.1 Å². The van der Waals surface area contributed by atoms with E-state index in [1.165, 1.54) is 36.9 Å². The van der Waals surface area contributed by atoms with Gasteiger partial charge in [0.25, 0.3) is 5.91 Å². The molecular formula is C22H27ClN2O. The first-order valence-corrected chi connectivity index (χ1v) is 9.32. The third kappa shape index (κ3) is 4.46. The second-order valence-electron chi connectivity index (χ2n) is 7.68. The monoisotopic (exact) mass is 370 g/mol. The van der Waals surface area contributed by atoms with E-state index < -0.39 is 0 Å². The molecule has 26 heavy (non-hydrogen) atoms. The molecule has 2 N–H and O–H groups in total. The number of rotatable bonds is 6. The lowest BCUT2D eigenvalue weighted by molar-refractivity contribution is 0.102. The summed E-state index contributed by atoms with van der Waals surface area (Å²) in [6, 6.07) is 14.8. The van der Waals surface area contributed by atoms with Gasteiger partial charge in [0.05, 0.1) is 0 Å². The van der Waals surface area contributed by atoms with Gasteiger partial charge in [-0.2, -0.15) is 0 Å². The summed E-state index contributed by atoms with van der Waals surface area (Å²) in [5.74, 6) is 1.53. The molecule has 2 aromatic carbocycles. The smallest absolute Gasteiger partial charge is 0.255 e. The maximum Gasteiger partial charge on any atom is 0.255 e. The molecule has 4 rings (SSSR count). The van der Waals surface area contributed by atoms with Crippen LogP contribution in [-0.2, 0) is 0 Å². The molecule has 3 nitrogen and oxygen atoms in total. The van der Waals surface area contributed by atoms with E-state index in [1.54, 1.807) is 0 Å². The molecule has 2 fully saturated rings. The van der Waals surface area contributed by atoms with Crippen LogP contribution in [0.4, 0.5) is 5.69 Å². The molecular weight excluding hydrogens is 344 g/mol. The van der Waals surface area contributed by atoms with Crippen LogP contribution in [0.15, 0.2) is 42.5 Å². The first-order chi connectivity index (χ1) is 12.1. The quantitative estimate of drug-likeness (QED) is 0.764. The van der Waals surface area contributed by atoms with Crippen LogP contribution in [0.3, 0.4) is 0 Å². The molecule has 2 saturated carbocycles. The van der Waals surface area contributed by atoms with Gasteiger partial charge in [-0.05, 0) is 86.5 Å². The summed E-state index contributed by atoms with van der Waals surface area (Å²) in [6.07, 6.45) is 4.04. The van der Waals surface area contributed by atoms with Crippen LogP contribution in [0.5, 0.6) is 0 Å². The molecule has 0 aromatic heterocycles. The summed E-state index contributed by atoms with van der Waals surface area (Å²) in [7, 11) is 0. The van der Waals surface area contributed by atoms with Crippen molar-refractivity contribution in [3.63, 3.8) is 0 Å². The Morgan fingerprint density at radius 1 is 1.04 bits per heavy atom. The average Bonchev–Trinajstić information content (AvgIpc) is 3.51. The first kappa shape index (κ1) is 18.9. The molecule has 2 aliphatic carbocycles. The Morgan fingerprint density at radius 2 is 1.77 bits per heavy atom. The molecule has 1 amide bonds. The highest BCUT2D eigenvalue weighted by atomic mass is 35.5. The topological polar surface area (TPSA) is 41.1 Å². The van der Waals surface area contributed by atoms with Crippen LogP contribution in [-0.4, -0.2) is 18.5 Å². The van der Waals surface area contributed by atoms with Crippen molar-refractivity contribution in [1.82, 2.24) is 5.32 Å². The zero-order valence-electron chi connectivity index (χ0n) is 15.4. The Labute approximate surface area is 162 Å². The molecule has 0 bridgehead atoms. The molecule has 0 heterocycles. The van der Waals surface area contributed by atoms with Crippen LogP contribution in [0.1, 0.15) is 52.2 Å². The molecule has 4 heteroatoms. The van der Waals surface area contributed by atoms with E-state index in [4.69, 9.17) is 0 Å². The van der Waals surface area contributed by atoms with Crippen LogP contribution in [0.25, 0.3) is 0 Å². The Hall–Kier alpha value is -1.84. The van der Waals surface area contributed by atoms with Gasteiger partial charge in [0.15, 0.2) is 0 Å². The minimum atomic E-state index is -0.0498. The van der Waals surface area contributed by atoms with E-state index in [1.807, 2.05) is 37.3 Å². The predicted molar refractivity (Wildman–Crippen MR) is 109 cm³/mol. The summed E-state index contributed by atoms with van der Waals surface area (Å²) < 4.78 is 0. The molecule has 2 aliphatic rings. The Balaban J connectivity index is 0.00000196. The minimum Gasteiger partial charge on any atom is -0.322 e. The van der Waals surface area contributed by atoms with E-state index in [-0.39, 0.29) is 18.3 Å². The van der Waals surface area contributed by atoms with Crippen LogP contribution < -0.4 is 10.6 Å². The average molecular weight is 371 g/mol. The minimum absolute atomic E-state index is 0. The Bertz CT molecular complexity index is 783. The summed E-state index contributed by atoms with van der Waals surface area (Å²) >= 11 is 0. The van der Waals surface area contributed by atoms with Gasteiger partial charge in [0.1, 0.15) is 0 Å². The normalized spacial score (nSPS) is 21.0. The largest absolute Gasteiger partial charge is 0.322 e. The van der Waals surface area contributed by atoms with Crippen molar-refractivity contribution >= 4 is 24.0 Å². The van der Waals surface area contributed by atoms with Gasteiger partial charge in [0, 0.05) is 23.2 Å². The number of amides is 1. The van der Waals surface area contributed by atoms with Crippen LogP contribution in [0.2, 0.25) is 0 Å². The van der Waals surface area contributed by atoms with Crippen molar-refractivity contribution in [3.05, 3.63) is 64.7 Å². The van der Waals surface area contributed by atoms with Gasteiger partial charge in [0.2, 0.25) is 0 Å². The van der Waals surface area contributed by atoms with Crippen molar-refractivity contribution in [2.75, 3.05) is 11.9 Å². The van der Waals surface area contributed by atoms with Crippen molar-refractivity contribution in [3.8, 4) is 0 Å². The third-order valence-electron chi connectivity index (χ3n) is 5.52. The number of benzene rings is 2. The molecule has 2 aromatic rings. The van der Waals surface area contributed by atoms with Crippen LogP contribution >= 0.6 is 12.4 Å². The van der Waals surface area contributed by atoms with Gasteiger partial charge in [-0.3, -0.25) is 4.79 Å². The number of aryl methyl sites for hydroxylation is 2. The second-order valence-corrected chi connectivity index (χ2v) is 7.68. The number of hydrogen-bond acceptors (Lipinski definition) is 2. The third-order valence-corrected chi connectivity index (χ3v) is 5.52. The number of anilines is 1. The zero-order chi connectivity index (χ0) is 17.4. The number of carbonyl (C=O) groups is 1. The lowest BCUT2D eigenvalue weighted by Gasteiger charge is -2.08. The zero-order valence-corrected chi connectivity index (χ0v) is 16.2. The van der Waals surface area contributed by atoms with E-state index in [0.717, 1.165) is 17.2 Å². The van der Waals surface area contributed by atoms with E-state index in [9.17, 15) is 4.79 Å². The maximum absolute atomic E-state index is 12.4. The lowest BCUT2D eigenvalue weighted by atomic mass is 10.1. The summed E-state index contributed by atoms with van der Waals surface area (Å²) in [6.45, 7) is 5.27. The summed E-state index contributed by atoms with van der Waals surface area (Å²) in [4.78, 5) is 12.4. The second kappa shape index (κ2) is 7.81. The fourth-order valence-corrected chi connectivity index (χ4v) is 3.33. The Morgan fingerprint density at radius 3 is 2.42 bits per heavy atom. The van der Waals surface area contributed by atoms with Crippen molar-refractivity contribution in [1.29, 1.82) is 0 Å². The molecule has 138 valence electrons. The molecule has 0 saturated heterocycles. The fourth-order valence-electron chi connectivity index (χ4n) is 3.33. The van der Waals surface area contributed by atoms with Crippen molar-refractivity contribution < 1.29 is 4.79 Å². The van der Waals surface area contributed by atoms with Gasteiger partial charge < -0.3 is 10.6 Å². The number of nitrogens with one attached hydrogen (secondary N) is 2. The van der Waals surface area contributed by atoms with Gasteiger partial charge in [-0.1, -0.05) is 18.2 Å². The standard InChI is InChI=1S/C22H26N2O.ClH/c1-14-3-6-18(11-15(14)2)22(25)24-19-9-7-17(8-10-19)20-12-21(20)23-13-16-4-5-16;/h3,6-11,16,20-21,23H,4-5,12-13H2,1-2H3,(H,24,25);1H/t20-,21+;/m0./s1. The summed E-state index contributed by atoms with van der Waals surface area (Å²) in [5, 5.41) is 6.67. The first-order valence-electron chi connectivity index (χ1n) is 9.32. The number of halogens is 1. The molecule has 2 atom stereocenters. The van der Waals surface area contributed by atoms with E-state index in [2.05, 4.69) is 29.7 Å². The SMILES string of the molecule is Cc1ccc(C(=O)Nc2ccc([C@@H]3C[C@H]3NCC3CC3)cc2)cc1C.Cl. The highest BCUT2D eigenvalue weighted by molar-refractivity contribution is 6.04. The molecule has 0 spiro atoms. The van der Waals surface area contributed by atoms with E-state index in [0.29, 0.717) is 17.5 Å². The Kier molecular flexibility index (Phi) is 5.69. The molecule has 0 unspecified atom stereocenters. The molecule has 0 radical (unpaired) electrons. The van der Waals surface area contributed by atoms with Crippen molar-refractivity contribution in [2.24, 2.45) is 5.92 Å². The highest BCUT2D eigenvalue weighted by Gasteiger charge is 2.38. The van der Waals surface area contributed by atoms with Gasteiger partial charge in [-0.25, -0.2) is 0 Å². The summed E-state index contributed by atoms with van der Waals surface area (Å²) in [5.41, 5.74) is 5.28. The lowest BCUT2D eigenvalue weighted by Crippen LogP contribution is -2.20. The highest BCUT2D eigenvalue weighted by Crippen LogP contribution is 2.41.